The van der Waals surface area contributed by atoms with Crippen molar-refractivity contribution < 1.29 is 0 Å². The topological polar surface area (TPSA) is 68.5 Å². The summed E-state index contributed by atoms with van der Waals surface area (Å²) in [5, 5.41) is 7.31. The van der Waals surface area contributed by atoms with E-state index in [9.17, 15) is 0 Å². The Morgan fingerprint density at radius 2 is 2.11 bits per heavy atom. The van der Waals surface area contributed by atoms with Crippen molar-refractivity contribution in [1.29, 1.82) is 0 Å². The highest BCUT2D eigenvalue weighted by Gasteiger charge is 1.99. The van der Waals surface area contributed by atoms with E-state index in [4.69, 9.17) is 0 Å². The summed E-state index contributed by atoms with van der Waals surface area (Å²) in [6, 6.07) is 7.79. The fraction of sp³-hybridized carbons (Fsp3) is 0.0769. The van der Waals surface area contributed by atoms with Gasteiger partial charge in [-0.15, -0.1) is 0 Å². The van der Waals surface area contributed by atoms with Crippen LogP contribution in [-0.2, 0) is 6.54 Å². The maximum absolute atomic E-state index is 4.32. The normalized spacial score (nSPS) is 10.3. The third-order valence-corrected chi connectivity index (χ3v) is 2.62. The van der Waals surface area contributed by atoms with Crippen molar-refractivity contribution in [1.82, 2.24) is 24.7 Å². The predicted molar refractivity (Wildman–Crippen MR) is 70.7 cm³/mol. The van der Waals surface area contributed by atoms with Crippen LogP contribution in [0.1, 0.15) is 5.56 Å². The van der Waals surface area contributed by atoms with Gasteiger partial charge in [0.05, 0.1) is 11.9 Å². The molecule has 0 amide bonds. The van der Waals surface area contributed by atoms with Gasteiger partial charge in [0.25, 0.3) is 0 Å². The van der Waals surface area contributed by atoms with Gasteiger partial charge in [-0.25, -0.2) is 14.6 Å². The summed E-state index contributed by atoms with van der Waals surface area (Å²) in [5.41, 5.74) is 2.08. The van der Waals surface area contributed by atoms with E-state index in [1.807, 2.05) is 30.5 Å². The fourth-order valence-electron chi connectivity index (χ4n) is 1.66. The molecule has 94 valence electrons. The third-order valence-electron chi connectivity index (χ3n) is 2.62. The molecule has 6 nitrogen and oxygen atoms in total. The van der Waals surface area contributed by atoms with Crippen molar-refractivity contribution in [3.63, 3.8) is 0 Å². The Morgan fingerprint density at radius 3 is 2.79 bits per heavy atom. The third kappa shape index (κ3) is 2.74. The molecule has 0 unspecified atom stereocenters. The number of hydrogen-bond acceptors (Lipinski definition) is 5. The van der Waals surface area contributed by atoms with Crippen molar-refractivity contribution in [3.05, 3.63) is 61.1 Å². The van der Waals surface area contributed by atoms with Crippen LogP contribution < -0.4 is 5.32 Å². The quantitative estimate of drug-likeness (QED) is 0.765. The first kappa shape index (κ1) is 11.3. The van der Waals surface area contributed by atoms with Crippen molar-refractivity contribution in [3.8, 4) is 5.82 Å². The number of hydrogen-bond donors (Lipinski definition) is 1. The van der Waals surface area contributed by atoms with Gasteiger partial charge in [0.15, 0.2) is 5.82 Å². The molecule has 0 radical (unpaired) electrons. The lowest BCUT2D eigenvalue weighted by Gasteiger charge is -2.06. The largest absolute Gasteiger partial charge is 0.380 e. The number of anilines is 1. The summed E-state index contributed by atoms with van der Waals surface area (Å²) < 4.78 is 1.62. The average molecular weight is 252 g/mol. The molecule has 19 heavy (non-hydrogen) atoms. The van der Waals surface area contributed by atoms with Crippen LogP contribution in [0.15, 0.2) is 55.5 Å². The Kier molecular flexibility index (Phi) is 3.14. The molecule has 0 aliphatic carbocycles. The smallest absolute Gasteiger partial charge is 0.155 e. The second kappa shape index (κ2) is 5.26. The molecular weight excluding hydrogens is 240 g/mol. The molecule has 0 aliphatic heterocycles. The van der Waals surface area contributed by atoms with Crippen LogP contribution in [0.4, 0.5) is 5.69 Å². The first-order chi connectivity index (χ1) is 9.42. The standard InChI is InChI=1S/C13H12N6/c1-2-11(6-14-5-1)7-16-12-3-4-13(17-8-12)19-10-15-9-18-19/h1-6,8-10,16H,7H2. The molecule has 0 aromatic carbocycles. The van der Waals surface area contributed by atoms with E-state index in [1.54, 1.807) is 23.4 Å². The zero-order valence-electron chi connectivity index (χ0n) is 10.1. The Balaban J connectivity index is 1.67. The zero-order chi connectivity index (χ0) is 12.9. The maximum Gasteiger partial charge on any atom is 0.155 e. The number of rotatable bonds is 4. The molecule has 0 spiro atoms. The van der Waals surface area contributed by atoms with Gasteiger partial charge in [-0.1, -0.05) is 6.07 Å². The molecule has 3 aromatic heterocycles. The van der Waals surface area contributed by atoms with Crippen molar-refractivity contribution in [2.24, 2.45) is 0 Å². The lowest BCUT2D eigenvalue weighted by atomic mass is 10.3. The Labute approximate surface area is 110 Å². The lowest BCUT2D eigenvalue weighted by Crippen LogP contribution is -2.02. The molecule has 0 saturated carbocycles. The minimum atomic E-state index is 0.720. The molecule has 0 aliphatic rings. The van der Waals surface area contributed by atoms with Gasteiger partial charge in [-0.3, -0.25) is 4.98 Å². The molecule has 3 heterocycles. The van der Waals surface area contributed by atoms with Gasteiger partial charge in [-0.05, 0) is 23.8 Å². The number of nitrogens with zero attached hydrogens (tertiary/aromatic N) is 5. The van der Waals surface area contributed by atoms with Crippen LogP contribution in [0.5, 0.6) is 0 Å². The number of pyridine rings is 2. The van der Waals surface area contributed by atoms with Gasteiger partial charge in [0.2, 0.25) is 0 Å². The molecule has 0 saturated heterocycles. The molecular formula is C13H12N6. The van der Waals surface area contributed by atoms with Gasteiger partial charge < -0.3 is 5.32 Å². The molecule has 1 N–H and O–H groups in total. The molecule has 0 atom stereocenters. The molecule has 0 bridgehead atoms. The highest BCUT2D eigenvalue weighted by molar-refractivity contribution is 5.43. The average Bonchev–Trinajstić information content (AvgIpc) is 3.01. The van der Waals surface area contributed by atoms with Gasteiger partial charge in [0.1, 0.15) is 12.7 Å². The lowest BCUT2D eigenvalue weighted by molar-refractivity contribution is 0.845. The van der Waals surface area contributed by atoms with E-state index in [2.05, 4.69) is 25.4 Å². The number of aromatic nitrogens is 5. The van der Waals surface area contributed by atoms with Crippen LogP contribution >= 0.6 is 0 Å². The van der Waals surface area contributed by atoms with Crippen LogP contribution in [0.3, 0.4) is 0 Å². The van der Waals surface area contributed by atoms with Crippen molar-refractivity contribution >= 4 is 5.69 Å². The van der Waals surface area contributed by atoms with E-state index in [1.165, 1.54) is 6.33 Å². The number of nitrogens with one attached hydrogen (secondary N) is 1. The minimum absolute atomic E-state index is 0.720. The highest BCUT2D eigenvalue weighted by atomic mass is 15.3. The molecule has 0 fully saturated rings. The van der Waals surface area contributed by atoms with Crippen molar-refractivity contribution in [2.75, 3.05) is 5.32 Å². The molecule has 3 rings (SSSR count). The van der Waals surface area contributed by atoms with Crippen molar-refractivity contribution in [2.45, 2.75) is 6.54 Å². The maximum atomic E-state index is 4.32. The van der Waals surface area contributed by atoms with Gasteiger partial charge in [-0.2, -0.15) is 5.10 Å². The van der Waals surface area contributed by atoms with E-state index < -0.39 is 0 Å². The van der Waals surface area contributed by atoms with E-state index in [0.29, 0.717) is 0 Å². The summed E-state index contributed by atoms with van der Waals surface area (Å²) in [6.45, 7) is 0.720. The van der Waals surface area contributed by atoms with Crippen LogP contribution in [0, 0.1) is 0 Å². The molecule has 6 heteroatoms. The van der Waals surface area contributed by atoms with E-state index >= 15 is 0 Å². The van der Waals surface area contributed by atoms with Gasteiger partial charge >= 0.3 is 0 Å². The summed E-state index contributed by atoms with van der Waals surface area (Å²) in [6.07, 6.45) is 8.47. The van der Waals surface area contributed by atoms with E-state index in [0.717, 1.165) is 23.6 Å². The Hall–Kier alpha value is -2.76. The SMILES string of the molecule is c1cncc(CNc2ccc(-n3cncn3)nc2)c1. The van der Waals surface area contributed by atoms with E-state index in [-0.39, 0.29) is 0 Å². The van der Waals surface area contributed by atoms with Crippen LogP contribution in [0.2, 0.25) is 0 Å². The molecule has 3 aromatic rings. The summed E-state index contributed by atoms with van der Waals surface area (Å²) in [4.78, 5) is 12.3. The summed E-state index contributed by atoms with van der Waals surface area (Å²) in [7, 11) is 0. The Morgan fingerprint density at radius 1 is 1.11 bits per heavy atom. The second-order valence-corrected chi connectivity index (χ2v) is 3.96. The predicted octanol–water partition coefficient (Wildman–Crippen LogP) is 1.67. The first-order valence-corrected chi connectivity index (χ1v) is 5.86. The van der Waals surface area contributed by atoms with Crippen LogP contribution in [-0.4, -0.2) is 24.7 Å². The highest BCUT2D eigenvalue weighted by Crippen LogP contribution is 2.10. The Bertz CT molecular complexity index is 618. The first-order valence-electron chi connectivity index (χ1n) is 5.86. The fourth-order valence-corrected chi connectivity index (χ4v) is 1.66. The summed E-state index contributed by atoms with van der Waals surface area (Å²) >= 11 is 0. The zero-order valence-corrected chi connectivity index (χ0v) is 10.1. The minimum Gasteiger partial charge on any atom is -0.380 e. The van der Waals surface area contributed by atoms with Crippen LogP contribution in [0.25, 0.3) is 5.82 Å². The van der Waals surface area contributed by atoms with Gasteiger partial charge in [0, 0.05) is 18.9 Å². The monoisotopic (exact) mass is 252 g/mol. The second-order valence-electron chi connectivity index (χ2n) is 3.96. The summed E-state index contributed by atoms with van der Waals surface area (Å²) in [5.74, 6) is 0.740.